The number of esters is 1. The summed E-state index contributed by atoms with van der Waals surface area (Å²) in [5.41, 5.74) is 8.48. The van der Waals surface area contributed by atoms with Crippen LogP contribution in [0.5, 0.6) is 5.75 Å². The summed E-state index contributed by atoms with van der Waals surface area (Å²) < 4.78 is 22.9. The molecule has 1 fully saturated rings. The number of carbonyl (C=O) groups is 5. The molecule has 0 radical (unpaired) electrons. The number of thioether (sulfide) groups is 2. The second-order valence-corrected chi connectivity index (χ2v) is 17.6. The van der Waals surface area contributed by atoms with Gasteiger partial charge in [0.25, 0.3) is 23.5 Å². The number of ether oxygens (including phenoxy) is 4. The molecule has 3 aromatic rings. The van der Waals surface area contributed by atoms with Crippen LogP contribution in [0.4, 0.5) is 0 Å². The van der Waals surface area contributed by atoms with Crippen molar-refractivity contribution < 1.29 is 58.2 Å². The van der Waals surface area contributed by atoms with E-state index in [9.17, 15) is 39.3 Å². The Hall–Kier alpha value is -4.73. The molecule has 0 bridgehead atoms. The van der Waals surface area contributed by atoms with Gasteiger partial charge >= 0.3 is 5.97 Å². The normalized spacial score (nSPS) is 19.0. The maximum atomic E-state index is 13.2. The van der Waals surface area contributed by atoms with Gasteiger partial charge in [-0.3, -0.25) is 19.2 Å². The van der Waals surface area contributed by atoms with E-state index in [1.807, 2.05) is 30.3 Å². The van der Waals surface area contributed by atoms with E-state index < -0.39 is 67.0 Å². The van der Waals surface area contributed by atoms with Gasteiger partial charge in [-0.2, -0.15) is 23.5 Å². The molecule has 3 aromatic carbocycles. The molecule has 0 unspecified atom stereocenters. The van der Waals surface area contributed by atoms with E-state index in [4.69, 9.17) is 24.7 Å². The Morgan fingerprint density at radius 3 is 2.14 bits per heavy atom. The van der Waals surface area contributed by atoms with Crippen LogP contribution in [0.1, 0.15) is 70.6 Å². The van der Waals surface area contributed by atoms with Crippen LogP contribution in [0.3, 0.4) is 0 Å². The highest BCUT2D eigenvalue weighted by Crippen LogP contribution is 2.34. The van der Waals surface area contributed by atoms with Crippen LogP contribution in [0.25, 0.3) is 11.1 Å². The summed E-state index contributed by atoms with van der Waals surface area (Å²) in [6, 6.07) is 19.9. The molecule has 65 heavy (non-hydrogen) atoms. The maximum Gasteiger partial charge on any atom is 0.366 e. The molecule has 1 aliphatic rings. The third-order valence-corrected chi connectivity index (χ3v) is 12.4. The van der Waals surface area contributed by atoms with E-state index in [2.05, 4.69) is 28.2 Å². The Kier molecular flexibility index (Phi) is 22.5. The quantitative estimate of drug-likeness (QED) is 0.0404. The van der Waals surface area contributed by atoms with Gasteiger partial charge in [0.15, 0.2) is 0 Å². The van der Waals surface area contributed by atoms with Gasteiger partial charge in [0.2, 0.25) is 5.91 Å². The van der Waals surface area contributed by atoms with Crippen molar-refractivity contribution in [2.75, 3.05) is 69.5 Å². The van der Waals surface area contributed by atoms with Crippen LogP contribution < -0.4 is 31.7 Å². The Morgan fingerprint density at radius 2 is 1.48 bits per heavy atom. The monoisotopic (exact) mass is 941 g/mol. The van der Waals surface area contributed by atoms with Gasteiger partial charge in [0.1, 0.15) is 18.0 Å². The smallest absolute Gasteiger partial charge is 0.366 e. The summed E-state index contributed by atoms with van der Waals surface area (Å²) in [4.78, 5) is 64.3. The van der Waals surface area contributed by atoms with Crippen LogP contribution in [-0.2, 0) is 23.8 Å². The van der Waals surface area contributed by atoms with E-state index in [-0.39, 0.29) is 36.3 Å². The lowest BCUT2D eigenvalue weighted by Crippen LogP contribution is -2.68. The predicted molar refractivity (Wildman–Crippen MR) is 250 cm³/mol. The molecule has 0 aliphatic carbocycles. The molecule has 0 aromatic heterocycles. The van der Waals surface area contributed by atoms with Crippen LogP contribution in [0.15, 0.2) is 72.8 Å². The standard InChI is InChI=1S/C46H63N5O12S2/c1-4-23-64-25-19-48-43(57)34-16-17-35(38(27-34)61-21-8-18-47)44(58)49-20-26-65-24-9-22-62-46(45(59)60-3)28-36(53)39(51-30(2)52)41(63-46)40(55)37(54)29-50-42(56)33-14-12-32(13-15-33)31-10-6-5-7-11-31/h5-7,10-17,27,36-37,39-41,53-55H,4,8-9,18-26,28-29,47H2,1-3H3,(H,48,57)(H,49,58)(H,50,56)(H,51,52)/t36-,37+,39+,40+,41+,46+/m0/s1. The summed E-state index contributed by atoms with van der Waals surface area (Å²) in [6.07, 6.45) is -5.04. The Balaban J connectivity index is 1.29. The third kappa shape index (κ3) is 16.3. The lowest BCUT2D eigenvalue weighted by molar-refractivity contribution is -0.311. The zero-order valence-corrected chi connectivity index (χ0v) is 38.8. The van der Waals surface area contributed by atoms with Gasteiger partial charge in [-0.05, 0) is 78.8 Å². The first-order valence-electron chi connectivity index (χ1n) is 21.7. The molecule has 1 saturated heterocycles. The predicted octanol–water partition coefficient (Wildman–Crippen LogP) is 2.50. The lowest BCUT2D eigenvalue weighted by atomic mass is 9.88. The van der Waals surface area contributed by atoms with Gasteiger partial charge in [-0.1, -0.05) is 49.4 Å². The second kappa shape index (κ2) is 27.7. The molecule has 17 nitrogen and oxygen atoms in total. The van der Waals surface area contributed by atoms with Gasteiger partial charge in [0, 0.05) is 55.6 Å². The van der Waals surface area contributed by atoms with Crippen LogP contribution in [-0.4, -0.2) is 151 Å². The van der Waals surface area contributed by atoms with Crippen molar-refractivity contribution >= 4 is 53.1 Å². The molecule has 1 heterocycles. The maximum absolute atomic E-state index is 13.2. The number of aliphatic hydroxyl groups excluding tert-OH is 3. The first-order chi connectivity index (χ1) is 31.3. The number of hydrogen-bond donors (Lipinski definition) is 8. The van der Waals surface area contributed by atoms with Crippen LogP contribution >= 0.6 is 23.5 Å². The van der Waals surface area contributed by atoms with Crippen molar-refractivity contribution in [2.45, 2.75) is 75.8 Å². The Bertz CT molecular complexity index is 1980. The van der Waals surface area contributed by atoms with Crippen molar-refractivity contribution in [3.8, 4) is 16.9 Å². The topological polar surface area (TPSA) is 257 Å². The van der Waals surface area contributed by atoms with E-state index in [1.165, 1.54) is 18.7 Å². The summed E-state index contributed by atoms with van der Waals surface area (Å²) in [6.45, 7) is 4.31. The fourth-order valence-electron chi connectivity index (χ4n) is 6.83. The van der Waals surface area contributed by atoms with Crippen molar-refractivity contribution in [1.82, 2.24) is 21.3 Å². The molecule has 4 amide bonds. The first kappa shape index (κ1) is 52.9. The second-order valence-electron chi connectivity index (χ2n) is 15.2. The van der Waals surface area contributed by atoms with E-state index in [0.717, 1.165) is 36.2 Å². The molecule has 9 N–H and O–H groups in total. The first-order valence-corrected chi connectivity index (χ1v) is 24.0. The van der Waals surface area contributed by atoms with Crippen molar-refractivity contribution in [3.63, 3.8) is 0 Å². The minimum absolute atomic E-state index is 0.0581. The van der Waals surface area contributed by atoms with Crippen LogP contribution in [0.2, 0.25) is 0 Å². The number of nitrogens with two attached hydrogens (primary N) is 1. The summed E-state index contributed by atoms with van der Waals surface area (Å²) in [5.74, 6) is -1.80. The van der Waals surface area contributed by atoms with Gasteiger partial charge in [-0.15, -0.1) is 0 Å². The average molecular weight is 942 g/mol. The number of benzene rings is 3. The SMILES string of the molecule is CCCSCCNC(=O)c1ccc(C(=O)NCCSCCCO[C@]2(C(=O)OC)C[C@H](O)[C@@H](NC(C)=O)[C@H]([C@H](O)[C@H](O)CNC(=O)c3ccc(-c4ccccc4)cc3)O2)c(OCCCN)c1. The van der Waals surface area contributed by atoms with E-state index in [1.54, 1.807) is 54.2 Å². The fourth-order valence-corrected chi connectivity index (χ4v) is 8.35. The fraction of sp³-hybridized carbons (Fsp3) is 0.500. The number of carbonyl (C=O) groups excluding carboxylic acids is 5. The highest BCUT2D eigenvalue weighted by atomic mass is 32.2. The molecule has 6 atom stereocenters. The number of aliphatic hydroxyl groups is 3. The molecule has 0 saturated carbocycles. The van der Waals surface area contributed by atoms with Gasteiger partial charge in [0.05, 0.1) is 44.1 Å². The highest BCUT2D eigenvalue weighted by molar-refractivity contribution is 7.99. The average Bonchev–Trinajstić information content (AvgIpc) is 3.31. The summed E-state index contributed by atoms with van der Waals surface area (Å²) in [5, 5.41) is 44.6. The highest BCUT2D eigenvalue weighted by Gasteiger charge is 2.56. The number of rotatable bonds is 27. The largest absolute Gasteiger partial charge is 0.493 e. The van der Waals surface area contributed by atoms with Crippen molar-refractivity contribution in [1.29, 1.82) is 0 Å². The summed E-state index contributed by atoms with van der Waals surface area (Å²) >= 11 is 3.26. The number of amides is 4. The molecule has 0 spiro atoms. The van der Waals surface area contributed by atoms with Crippen molar-refractivity contribution in [2.24, 2.45) is 5.73 Å². The zero-order valence-electron chi connectivity index (χ0n) is 37.1. The molecule has 356 valence electrons. The minimum Gasteiger partial charge on any atom is -0.493 e. The molecule has 1 aliphatic heterocycles. The lowest BCUT2D eigenvalue weighted by Gasteiger charge is -2.47. The summed E-state index contributed by atoms with van der Waals surface area (Å²) in [7, 11) is 1.10. The van der Waals surface area contributed by atoms with E-state index >= 15 is 0 Å². The van der Waals surface area contributed by atoms with Crippen LogP contribution in [0, 0.1) is 0 Å². The third-order valence-electron chi connectivity index (χ3n) is 10.2. The van der Waals surface area contributed by atoms with Crippen molar-refractivity contribution in [3.05, 3.63) is 89.5 Å². The molecular weight excluding hydrogens is 879 g/mol. The Labute approximate surface area is 388 Å². The molecule has 19 heteroatoms. The van der Waals surface area contributed by atoms with Gasteiger partial charge < -0.3 is 61.3 Å². The number of nitrogens with one attached hydrogen (secondary N) is 4. The molecular formula is C46H63N5O12S2. The number of hydrogen-bond acceptors (Lipinski definition) is 15. The minimum atomic E-state index is -2.22. The number of methoxy groups -OCH3 is 1. The van der Waals surface area contributed by atoms with E-state index in [0.29, 0.717) is 55.1 Å². The molecule has 4 rings (SSSR count). The Morgan fingerprint density at radius 1 is 0.831 bits per heavy atom. The van der Waals surface area contributed by atoms with Gasteiger partial charge in [-0.25, -0.2) is 4.79 Å². The zero-order chi connectivity index (χ0) is 47.2.